The number of primary amides is 1. The number of ether oxygens (including phenoxy) is 1. The monoisotopic (exact) mass is 422 g/mol. The molecule has 1 aliphatic rings. The van der Waals surface area contributed by atoms with E-state index in [-0.39, 0.29) is 23.0 Å². The molecule has 0 aliphatic carbocycles. The normalized spacial score (nSPS) is 13.3. The van der Waals surface area contributed by atoms with E-state index in [4.69, 9.17) is 10.5 Å². The van der Waals surface area contributed by atoms with Gasteiger partial charge in [-0.2, -0.15) is 5.10 Å². The van der Waals surface area contributed by atoms with E-state index in [0.717, 1.165) is 16.8 Å². The van der Waals surface area contributed by atoms with Crippen LogP contribution in [0, 0.1) is 19.7 Å². The van der Waals surface area contributed by atoms with Gasteiger partial charge in [0.05, 0.1) is 12.3 Å². The topological polar surface area (TPSA) is 90.5 Å². The second-order valence-electron chi connectivity index (χ2n) is 7.47. The summed E-state index contributed by atoms with van der Waals surface area (Å²) < 4.78 is 21.0. The number of hydrogen-bond donors (Lipinski definition) is 1. The van der Waals surface area contributed by atoms with Gasteiger partial charge in [0.1, 0.15) is 5.69 Å². The Morgan fingerprint density at radius 2 is 1.90 bits per heavy atom. The fraction of sp³-hybridized carbons (Fsp3) is 0.261. The second kappa shape index (κ2) is 7.86. The molecule has 2 heterocycles. The lowest BCUT2D eigenvalue weighted by atomic mass is 10.0. The molecule has 3 aromatic rings. The van der Waals surface area contributed by atoms with Crippen molar-refractivity contribution in [3.63, 3.8) is 0 Å². The van der Waals surface area contributed by atoms with Gasteiger partial charge >= 0.3 is 0 Å². The van der Waals surface area contributed by atoms with Gasteiger partial charge in [-0.15, -0.1) is 0 Å². The molecule has 160 valence electrons. The first kappa shape index (κ1) is 20.6. The Labute approximate surface area is 179 Å². The molecule has 1 aromatic heterocycles. The minimum atomic E-state index is -0.728. The third kappa shape index (κ3) is 3.54. The maximum Gasteiger partial charge on any atom is 0.277 e. The maximum absolute atomic E-state index is 14.5. The summed E-state index contributed by atoms with van der Waals surface area (Å²) in [4.78, 5) is 27.1. The smallest absolute Gasteiger partial charge is 0.277 e. The molecule has 0 radical (unpaired) electrons. The van der Waals surface area contributed by atoms with E-state index in [0.29, 0.717) is 30.8 Å². The summed E-state index contributed by atoms with van der Waals surface area (Å²) in [5, 5.41) is 4.28. The predicted octanol–water partition coefficient (Wildman–Crippen LogP) is 3.33. The number of nitrogens with two attached hydrogens (primary N) is 1. The SMILES string of the molecule is CCOc1ccc(-n2nc(C(N)=O)c3c2C(=O)N(c2ccc(C)c(C)c2)CC3)cc1F. The summed E-state index contributed by atoms with van der Waals surface area (Å²) in [7, 11) is 0. The van der Waals surface area contributed by atoms with Gasteiger partial charge in [-0.1, -0.05) is 6.07 Å². The third-order valence-corrected chi connectivity index (χ3v) is 5.51. The molecule has 0 saturated carbocycles. The van der Waals surface area contributed by atoms with Crippen molar-refractivity contribution in [2.45, 2.75) is 27.2 Å². The Morgan fingerprint density at radius 3 is 2.55 bits per heavy atom. The van der Waals surface area contributed by atoms with Crippen LogP contribution in [0.4, 0.5) is 10.1 Å². The maximum atomic E-state index is 14.5. The highest BCUT2D eigenvalue weighted by atomic mass is 19.1. The lowest BCUT2D eigenvalue weighted by Gasteiger charge is -2.28. The highest BCUT2D eigenvalue weighted by molar-refractivity contribution is 6.09. The van der Waals surface area contributed by atoms with Crippen molar-refractivity contribution in [1.82, 2.24) is 9.78 Å². The number of amides is 2. The fourth-order valence-electron chi connectivity index (χ4n) is 3.78. The Balaban J connectivity index is 1.83. The van der Waals surface area contributed by atoms with E-state index in [1.54, 1.807) is 17.9 Å². The van der Waals surface area contributed by atoms with Crippen LogP contribution >= 0.6 is 0 Å². The van der Waals surface area contributed by atoms with Crippen molar-refractivity contribution < 1.29 is 18.7 Å². The van der Waals surface area contributed by atoms with Crippen molar-refractivity contribution in [3.8, 4) is 11.4 Å². The molecule has 0 saturated heterocycles. The summed E-state index contributed by atoms with van der Waals surface area (Å²) in [6.45, 7) is 6.46. The lowest BCUT2D eigenvalue weighted by molar-refractivity contribution is 0.0972. The van der Waals surface area contributed by atoms with Crippen LogP contribution in [0.5, 0.6) is 5.75 Å². The van der Waals surface area contributed by atoms with E-state index in [9.17, 15) is 14.0 Å². The molecule has 2 aromatic carbocycles. The summed E-state index contributed by atoms with van der Waals surface area (Å²) >= 11 is 0. The average Bonchev–Trinajstić information content (AvgIpc) is 3.13. The van der Waals surface area contributed by atoms with Gasteiger partial charge in [-0.3, -0.25) is 9.59 Å². The standard InChI is InChI=1S/C23H23FN4O3/c1-4-31-19-8-7-16(12-18(19)24)28-21-17(20(26-28)22(25)29)9-10-27(23(21)30)15-6-5-13(2)14(3)11-15/h5-8,11-12H,4,9-10H2,1-3H3,(H2,25,29). The molecule has 0 unspecified atom stereocenters. The quantitative estimate of drug-likeness (QED) is 0.683. The average molecular weight is 422 g/mol. The van der Waals surface area contributed by atoms with Crippen LogP contribution in [-0.4, -0.2) is 34.7 Å². The Kier molecular flexibility index (Phi) is 5.22. The van der Waals surface area contributed by atoms with E-state index < -0.39 is 11.7 Å². The van der Waals surface area contributed by atoms with E-state index >= 15 is 0 Å². The van der Waals surface area contributed by atoms with Gasteiger partial charge in [0.15, 0.2) is 17.3 Å². The number of rotatable bonds is 5. The van der Waals surface area contributed by atoms with E-state index in [2.05, 4.69) is 5.10 Å². The zero-order chi connectivity index (χ0) is 22.3. The second-order valence-corrected chi connectivity index (χ2v) is 7.47. The lowest BCUT2D eigenvalue weighted by Crippen LogP contribution is -2.39. The molecule has 0 spiro atoms. The first-order chi connectivity index (χ1) is 14.8. The zero-order valence-electron chi connectivity index (χ0n) is 17.6. The van der Waals surface area contributed by atoms with Crippen LogP contribution < -0.4 is 15.4 Å². The highest BCUT2D eigenvalue weighted by Gasteiger charge is 2.34. The zero-order valence-corrected chi connectivity index (χ0v) is 17.6. The molecule has 4 rings (SSSR count). The van der Waals surface area contributed by atoms with Crippen LogP contribution in [0.25, 0.3) is 5.69 Å². The van der Waals surface area contributed by atoms with Crippen molar-refractivity contribution in [2.24, 2.45) is 5.73 Å². The Morgan fingerprint density at radius 1 is 1.16 bits per heavy atom. The number of benzene rings is 2. The molecule has 0 atom stereocenters. The van der Waals surface area contributed by atoms with Crippen molar-refractivity contribution in [3.05, 3.63) is 70.3 Å². The molecule has 1 aliphatic heterocycles. The molecule has 7 nitrogen and oxygen atoms in total. The van der Waals surface area contributed by atoms with Gasteiger partial charge in [-0.25, -0.2) is 9.07 Å². The largest absolute Gasteiger partial charge is 0.491 e. The molecule has 0 bridgehead atoms. The first-order valence-electron chi connectivity index (χ1n) is 10.0. The number of carbonyl (C=O) groups is 2. The number of nitrogens with zero attached hydrogens (tertiary/aromatic N) is 3. The predicted molar refractivity (Wildman–Crippen MR) is 115 cm³/mol. The third-order valence-electron chi connectivity index (χ3n) is 5.51. The van der Waals surface area contributed by atoms with Gasteiger partial charge in [0.2, 0.25) is 0 Å². The summed E-state index contributed by atoms with van der Waals surface area (Å²) in [5.74, 6) is -1.53. The number of anilines is 1. The van der Waals surface area contributed by atoms with Crippen molar-refractivity contribution >= 4 is 17.5 Å². The highest BCUT2D eigenvalue weighted by Crippen LogP contribution is 2.30. The molecule has 2 amide bonds. The molecule has 8 heteroatoms. The number of fused-ring (bicyclic) bond motifs is 1. The van der Waals surface area contributed by atoms with E-state index in [1.807, 2.05) is 32.0 Å². The summed E-state index contributed by atoms with van der Waals surface area (Å²) in [6, 6.07) is 10.1. The molecule has 0 fully saturated rings. The number of hydrogen-bond acceptors (Lipinski definition) is 4. The summed E-state index contributed by atoms with van der Waals surface area (Å²) in [6.07, 6.45) is 0.409. The van der Waals surface area contributed by atoms with Gasteiger partial charge in [0.25, 0.3) is 11.8 Å². The van der Waals surface area contributed by atoms with E-state index in [1.165, 1.54) is 16.8 Å². The van der Waals surface area contributed by atoms with Crippen LogP contribution in [0.3, 0.4) is 0 Å². The molecular weight excluding hydrogens is 399 g/mol. The van der Waals surface area contributed by atoms with Crippen LogP contribution in [0.2, 0.25) is 0 Å². The molecule has 2 N–H and O–H groups in total. The Hall–Kier alpha value is -3.68. The fourth-order valence-corrected chi connectivity index (χ4v) is 3.78. The first-order valence-corrected chi connectivity index (χ1v) is 10.0. The minimum Gasteiger partial charge on any atom is -0.491 e. The number of halogens is 1. The number of aromatic nitrogens is 2. The van der Waals surface area contributed by atoms with Gasteiger partial charge < -0.3 is 15.4 Å². The van der Waals surface area contributed by atoms with Crippen molar-refractivity contribution in [2.75, 3.05) is 18.1 Å². The summed E-state index contributed by atoms with van der Waals surface area (Å²) in [5.41, 5.74) is 9.48. The minimum absolute atomic E-state index is 0.0254. The van der Waals surface area contributed by atoms with Crippen molar-refractivity contribution in [1.29, 1.82) is 0 Å². The number of aryl methyl sites for hydroxylation is 2. The number of carbonyl (C=O) groups excluding carboxylic acids is 2. The van der Waals surface area contributed by atoms with Gasteiger partial charge in [-0.05, 0) is 62.6 Å². The molecule has 31 heavy (non-hydrogen) atoms. The Bertz CT molecular complexity index is 1200. The van der Waals surface area contributed by atoms with Crippen LogP contribution in [0.1, 0.15) is 44.6 Å². The van der Waals surface area contributed by atoms with Gasteiger partial charge in [0, 0.05) is 23.9 Å². The molecular formula is C23H23FN4O3. The van der Waals surface area contributed by atoms with Crippen LogP contribution in [-0.2, 0) is 6.42 Å². The van der Waals surface area contributed by atoms with Crippen LogP contribution in [0.15, 0.2) is 36.4 Å².